The fourth-order valence-corrected chi connectivity index (χ4v) is 2.01. The number of aromatic carboxylic acids is 1. The summed E-state index contributed by atoms with van der Waals surface area (Å²) in [5.74, 6) is -0.482. The minimum atomic E-state index is -0.985. The Morgan fingerprint density at radius 3 is 2.45 bits per heavy atom. The van der Waals surface area contributed by atoms with E-state index >= 15 is 0 Å². The van der Waals surface area contributed by atoms with Crippen LogP contribution in [0, 0.1) is 5.92 Å². The van der Waals surface area contributed by atoms with E-state index in [1.165, 1.54) is 0 Å². The van der Waals surface area contributed by atoms with E-state index in [0.717, 1.165) is 25.3 Å². The lowest BCUT2D eigenvalue weighted by atomic mass is 10.1. The number of anilines is 2. The van der Waals surface area contributed by atoms with Crippen LogP contribution in [0.5, 0.6) is 0 Å². The molecule has 0 radical (unpaired) electrons. The maximum Gasteiger partial charge on any atom is 0.337 e. The van der Waals surface area contributed by atoms with Crippen molar-refractivity contribution < 1.29 is 9.90 Å². The van der Waals surface area contributed by atoms with E-state index < -0.39 is 5.97 Å². The Morgan fingerprint density at radius 1 is 1.30 bits per heavy atom. The van der Waals surface area contributed by atoms with Crippen LogP contribution in [0.25, 0.3) is 0 Å². The number of hydrogen-bond acceptors (Lipinski definition) is 4. The van der Waals surface area contributed by atoms with Crippen LogP contribution >= 0.6 is 0 Å². The molecule has 0 amide bonds. The van der Waals surface area contributed by atoms with Crippen molar-refractivity contribution in [1.29, 1.82) is 0 Å². The molecule has 112 valence electrons. The Kier molecular flexibility index (Phi) is 5.82. The van der Waals surface area contributed by atoms with Gasteiger partial charge in [0.2, 0.25) is 0 Å². The highest BCUT2D eigenvalue weighted by Gasteiger charge is 2.14. The first-order valence-corrected chi connectivity index (χ1v) is 6.83. The third-order valence-corrected chi connectivity index (χ3v) is 3.04. The Bertz CT molecular complexity index is 458. The first kappa shape index (κ1) is 16.3. The molecule has 0 bridgehead atoms. The third-order valence-electron chi connectivity index (χ3n) is 3.04. The van der Waals surface area contributed by atoms with E-state index in [9.17, 15) is 4.79 Å². The van der Waals surface area contributed by atoms with Crippen LogP contribution in [-0.2, 0) is 0 Å². The minimum Gasteiger partial charge on any atom is -0.478 e. The molecule has 0 fully saturated rings. The lowest BCUT2D eigenvalue weighted by molar-refractivity contribution is 0.0698. The largest absolute Gasteiger partial charge is 0.478 e. The van der Waals surface area contributed by atoms with E-state index in [4.69, 9.17) is 10.8 Å². The Labute approximate surface area is 121 Å². The van der Waals surface area contributed by atoms with Crippen LogP contribution in [0.2, 0.25) is 0 Å². The average Bonchev–Trinajstić information content (AvgIpc) is 2.34. The molecule has 1 aromatic rings. The van der Waals surface area contributed by atoms with Crippen molar-refractivity contribution >= 4 is 17.3 Å². The fourth-order valence-electron chi connectivity index (χ4n) is 2.01. The number of hydrogen-bond donors (Lipinski definition) is 2. The molecule has 0 heterocycles. The van der Waals surface area contributed by atoms with E-state index in [0.29, 0.717) is 11.6 Å². The molecule has 0 aromatic heterocycles. The SMILES string of the molecule is CC(C)CN(CCN(C)C)c1ccc(N)c(C(=O)O)c1. The summed E-state index contributed by atoms with van der Waals surface area (Å²) >= 11 is 0. The first-order valence-electron chi connectivity index (χ1n) is 6.83. The second kappa shape index (κ2) is 7.14. The molecule has 5 heteroatoms. The van der Waals surface area contributed by atoms with Gasteiger partial charge in [-0.3, -0.25) is 0 Å². The number of carboxylic acid groups (broad SMARTS) is 1. The molecule has 0 saturated heterocycles. The van der Waals surface area contributed by atoms with Crippen molar-refractivity contribution in [1.82, 2.24) is 4.90 Å². The average molecular weight is 279 g/mol. The number of carbonyl (C=O) groups is 1. The number of carboxylic acids is 1. The molecular weight excluding hydrogens is 254 g/mol. The first-order chi connectivity index (χ1) is 9.31. The van der Waals surface area contributed by atoms with Crippen molar-refractivity contribution in [2.45, 2.75) is 13.8 Å². The van der Waals surface area contributed by atoms with Gasteiger partial charge in [-0.25, -0.2) is 4.79 Å². The van der Waals surface area contributed by atoms with Gasteiger partial charge < -0.3 is 20.6 Å². The molecule has 1 rings (SSSR count). The van der Waals surface area contributed by atoms with Crippen molar-refractivity contribution in [2.75, 3.05) is 44.4 Å². The molecule has 0 saturated carbocycles. The summed E-state index contributed by atoms with van der Waals surface area (Å²) in [6.07, 6.45) is 0. The number of nitrogens with two attached hydrogens (primary N) is 1. The highest BCUT2D eigenvalue weighted by Crippen LogP contribution is 2.22. The van der Waals surface area contributed by atoms with Crippen LogP contribution in [-0.4, -0.2) is 49.7 Å². The summed E-state index contributed by atoms with van der Waals surface area (Å²) in [6, 6.07) is 5.22. The normalized spacial score (nSPS) is 11.1. The summed E-state index contributed by atoms with van der Waals surface area (Å²) < 4.78 is 0. The smallest absolute Gasteiger partial charge is 0.337 e. The maximum absolute atomic E-state index is 11.2. The molecule has 0 aliphatic carbocycles. The standard InChI is InChI=1S/C15H25N3O2/c1-11(2)10-18(8-7-17(3)4)12-5-6-14(16)13(9-12)15(19)20/h5-6,9,11H,7-8,10,16H2,1-4H3,(H,19,20). The van der Waals surface area contributed by atoms with Gasteiger partial charge in [-0.1, -0.05) is 13.8 Å². The van der Waals surface area contributed by atoms with Crippen LogP contribution in [0.3, 0.4) is 0 Å². The lowest BCUT2D eigenvalue weighted by Gasteiger charge is -2.28. The highest BCUT2D eigenvalue weighted by atomic mass is 16.4. The summed E-state index contributed by atoms with van der Waals surface area (Å²) in [7, 11) is 4.05. The zero-order chi connectivity index (χ0) is 15.3. The molecular formula is C15H25N3O2. The fraction of sp³-hybridized carbons (Fsp3) is 0.533. The molecule has 0 unspecified atom stereocenters. The predicted octanol–water partition coefficient (Wildman–Crippen LogP) is 1.99. The number of benzene rings is 1. The molecule has 0 atom stereocenters. The van der Waals surface area contributed by atoms with E-state index in [2.05, 4.69) is 23.6 Å². The topological polar surface area (TPSA) is 69.8 Å². The van der Waals surface area contributed by atoms with Gasteiger partial charge in [0.25, 0.3) is 0 Å². The molecule has 0 spiro atoms. The molecule has 20 heavy (non-hydrogen) atoms. The summed E-state index contributed by atoms with van der Waals surface area (Å²) in [6.45, 7) is 6.96. The van der Waals surface area contributed by atoms with Crippen molar-refractivity contribution in [3.63, 3.8) is 0 Å². The summed E-state index contributed by atoms with van der Waals surface area (Å²) in [5, 5.41) is 9.17. The van der Waals surface area contributed by atoms with Crippen LogP contribution in [0.4, 0.5) is 11.4 Å². The van der Waals surface area contributed by atoms with Crippen LogP contribution in [0.1, 0.15) is 24.2 Å². The Morgan fingerprint density at radius 2 is 1.95 bits per heavy atom. The van der Waals surface area contributed by atoms with Gasteiger partial charge in [0.15, 0.2) is 0 Å². The summed E-state index contributed by atoms with van der Waals surface area (Å²) in [5.41, 5.74) is 7.09. The number of likely N-dealkylation sites (N-methyl/N-ethyl adjacent to an activating group) is 1. The zero-order valence-electron chi connectivity index (χ0n) is 12.8. The zero-order valence-corrected chi connectivity index (χ0v) is 12.8. The molecule has 1 aromatic carbocycles. The number of rotatable bonds is 7. The van der Waals surface area contributed by atoms with E-state index in [1.807, 2.05) is 20.2 Å². The molecule has 0 aliphatic rings. The van der Waals surface area contributed by atoms with Crippen molar-refractivity contribution in [3.8, 4) is 0 Å². The number of nitrogens with zero attached hydrogens (tertiary/aromatic N) is 2. The van der Waals surface area contributed by atoms with Gasteiger partial charge in [0.1, 0.15) is 0 Å². The van der Waals surface area contributed by atoms with Crippen LogP contribution < -0.4 is 10.6 Å². The van der Waals surface area contributed by atoms with Gasteiger partial charge in [-0.05, 0) is 38.2 Å². The second-order valence-electron chi connectivity index (χ2n) is 5.72. The second-order valence-corrected chi connectivity index (χ2v) is 5.72. The Balaban J connectivity index is 3.00. The van der Waals surface area contributed by atoms with Crippen LogP contribution in [0.15, 0.2) is 18.2 Å². The highest BCUT2D eigenvalue weighted by molar-refractivity contribution is 5.94. The summed E-state index contributed by atoms with van der Waals surface area (Å²) in [4.78, 5) is 15.5. The number of nitrogen functional groups attached to an aromatic ring is 1. The minimum absolute atomic E-state index is 0.168. The monoisotopic (exact) mass is 279 g/mol. The van der Waals surface area contributed by atoms with Gasteiger partial charge in [-0.15, -0.1) is 0 Å². The predicted molar refractivity (Wildman–Crippen MR) is 83.4 cm³/mol. The molecule has 0 aliphatic heterocycles. The van der Waals surface area contributed by atoms with Gasteiger partial charge >= 0.3 is 5.97 Å². The van der Waals surface area contributed by atoms with Gasteiger partial charge in [0, 0.05) is 31.0 Å². The van der Waals surface area contributed by atoms with E-state index in [1.54, 1.807) is 12.1 Å². The molecule has 5 nitrogen and oxygen atoms in total. The van der Waals surface area contributed by atoms with E-state index in [-0.39, 0.29) is 5.56 Å². The van der Waals surface area contributed by atoms with Crippen molar-refractivity contribution in [2.24, 2.45) is 5.92 Å². The lowest BCUT2D eigenvalue weighted by Crippen LogP contribution is -2.34. The quantitative estimate of drug-likeness (QED) is 0.747. The maximum atomic E-state index is 11.2. The Hall–Kier alpha value is -1.75. The molecule has 3 N–H and O–H groups in total. The van der Waals surface area contributed by atoms with Gasteiger partial charge in [0.05, 0.1) is 5.56 Å². The van der Waals surface area contributed by atoms with Crippen molar-refractivity contribution in [3.05, 3.63) is 23.8 Å². The van der Waals surface area contributed by atoms with Gasteiger partial charge in [-0.2, -0.15) is 0 Å². The third kappa shape index (κ3) is 4.74.